The number of aryl methyl sites for hydroxylation is 1. The van der Waals surface area contributed by atoms with Crippen LogP contribution in [-0.4, -0.2) is 11.6 Å². The Hall–Kier alpha value is -4.96. The molecule has 5 aromatic rings. The largest absolute Gasteiger partial charge is 0.457 e. The van der Waals surface area contributed by atoms with Crippen molar-refractivity contribution < 1.29 is 19.1 Å². The number of hydrogen-bond acceptors (Lipinski definition) is 4. The predicted molar refractivity (Wildman–Crippen MR) is 163 cm³/mol. The Morgan fingerprint density at radius 3 is 1.17 bits per heavy atom. The third-order valence-electron chi connectivity index (χ3n) is 7.31. The van der Waals surface area contributed by atoms with Gasteiger partial charge in [0, 0.05) is 22.1 Å². The molecule has 0 aliphatic carbocycles. The lowest BCUT2D eigenvalue weighted by molar-refractivity contribution is 0.101. The van der Waals surface area contributed by atoms with Gasteiger partial charge in [0.05, 0.1) is 0 Å². The maximum atomic E-state index is 12.7. The minimum Gasteiger partial charge on any atom is -0.457 e. The Kier molecular flexibility index (Phi) is 7.84. The minimum absolute atomic E-state index is 0.00829. The monoisotopic (exact) mass is 540 g/mol. The fourth-order valence-electron chi connectivity index (χ4n) is 4.62. The summed E-state index contributed by atoms with van der Waals surface area (Å²) in [5, 5.41) is 0. The first-order chi connectivity index (χ1) is 19.7. The molecule has 0 N–H and O–H groups in total. The third kappa shape index (κ3) is 6.44. The molecule has 0 bridgehead atoms. The van der Waals surface area contributed by atoms with Crippen LogP contribution in [-0.2, 0) is 5.41 Å². The number of ether oxygens (including phenoxy) is 2. The second-order valence-electron chi connectivity index (χ2n) is 10.7. The molecule has 0 aromatic heterocycles. The number of carbonyl (C=O) groups excluding carboxylic acids is 2. The summed E-state index contributed by atoms with van der Waals surface area (Å²) in [4.78, 5) is 24.2. The highest BCUT2D eigenvalue weighted by molar-refractivity contribution is 6.09. The highest BCUT2D eigenvalue weighted by Gasteiger charge is 2.23. The van der Waals surface area contributed by atoms with Gasteiger partial charge in [0.2, 0.25) is 0 Å². The fraction of sp³-hybridized carbons (Fsp3) is 0.135. The minimum atomic E-state index is -0.238. The molecule has 0 fully saturated rings. The average Bonchev–Trinajstić information content (AvgIpc) is 2.98. The van der Waals surface area contributed by atoms with Crippen molar-refractivity contribution in [3.63, 3.8) is 0 Å². The lowest BCUT2D eigenvalue weighted by Gasteiger charge is -2.26. The van der Waals surface area contributed by atoms with E-state index in [1.807, 2.05) is 67.6 Å². The zero-order valence-electron chi connectivity index (χ0n) is 23.7. The molecule has 5 aromatic carbocycles. The second kappa shape index (κ2) is 11.6. The van der Waals surface area contributed by atoms with E-state index < -0.39 is 0 Å². The van der Waals surface area contributed by atoms with E-state index in [1.165, 1.54) is 0 Å². The van der Waals surface area contributed by atoms with E-state index in [4.69, 9.17) is 9.47 Å². The Morgan fingerprint density at radius 2 is 0.805 bits per heavy atom. The van der Waals surface area contributed by atoms with Gasteiger partial charge in [0.1, 0.15) is 23.0 Å². The van der Waals surface area contributed by atoms with E-state index in [2.05, 4.69) is 38.1 Å². The molecular formula is C37H32O4. The molecule has 4 heteroatoms. The lowest BCUT2D eigenvalue weighted by atomic mass is 9.78. The molecule has 0 radical (unpaired) electrons. The van der Waals surface area contributed by atoms with Crippen molar-refractivity contribution >= 4 is 11.6 Å². The van der Waals surface area contributed by atoms with Crippen molar-refractivity contribution in [1.29, 1.82) is 0 Å². The zero-order chi connectivity index (χ0) is 29.0. The van der Waals surface area contributed by atoms with Crippen LogP contribution in [0.2, 0.25) is 0 Å². The second-order valence-corrected chi connectivity index (χ2v) is 10.7. The highest BCUT2D eigenvalue weighted by atomic mass is 16.5. The number of hydrogen-bond donors (Lipinski definition) is 0. The van der Waals surface area contributed by atoms with Gasteiger partial charge in [-0.3, -0.25) is 9.59 Å². The molecule has 0 heterocycles. The molecule has 0 saturated heterocycles. The first-order valence-electron chi connectivity index (χ1n) is 13.6. The normalized spacial score (nSPS) is 11.1. The first kappa shape index (κ1) is 27.6. The van der Waals surface area contributed by atoms with Gasteiger partial charge in [0.15, 0.2) is 11.6 Å². The van der Waals surface area contributed by atoms with Crippen LogP contribution in [0, 0.1) is 6.92 Å². The van der Waals surface area contributed by atoms with E-state index in [0.717, 1.165) is 28.2 Å². The molecule has 5 rings (SSSR count). The van der Waals surface area contributed by atoms with Gasteiger partial charge in [-0.15, -0.1) is 0 Å². The van der Waals surface area contributed by atoms with E-state index in [0.29, 0.717) is 28.2 Å². The van der Waals surface area contributed by atoms with Crippen LogP contribution in [0.25, 0.3) is 0 Å². The number of ketones is 2. The van der Waals surface area contributed by atoms with E-state index in [1.54, 1.807) is 43.3 Å². The van der Waals surface area contributed by atoms with Gasteiger partial charge >= 0.3 is 0 Å². The van der Waals surface area contributed by atoms with E-state index in [9.17, 15) is 9.59 Å². The smallest absolute Gasteiger partial charge is 0.193 e. The van der Waals surface area contributed by atoms with Crippen LogP contribution in [0.4, 0.5) is 0 Å². The molecular weight excluding hydrogens is 508 g/mol. The van der Waals surface area contributed by atoms with Crippen molar-refractivity contribution in [3.8, 4) is 23.0 Å². The molecule has 0 aliphatic rings. The number of Topliss-reactive ketones (excluding diaryl/α,β-unsaturated/α-hetero) is 1. The average molecular weight is 541 g/mol. The van der Waals surface area contributed by atoms with Gasteiger partial charge in [-0.05, 0) is 97.8 Å². The van der Waals surface area contributed by atoms with Crippen LogP contribution < -0.4 is 9.47 Å². The van der Waals surface area contributed by atoms with Crippen molar-refractivity contribution in [3.05, 3.63) is 155 Å². The van der Waals surface area contributed by atoms with Crippen LogP contribution in [0.5, 0.6) is 23.0 Å². The summed E-state index contributed by atoms with van der Waals surface area (Å²) >= 11 is 0. The molecule has 0 amide bonds. The maximum absolute atomic E-state index is 12.7. The lowest BCUT2D eigenvalue weighted by Crippen LogP contribution is -2.18. The van der Waals surface area contributed by atoms with Gasteiger partial charge < -0.3 is 9.47 Å². The summed E-state index contributed by atoms with van der Waals surface area (Å²) in [6.07, 6.45) is 0. The summed E-state index contributed by atoms with van der Waals surface area (Å²) in [5.74, 6) is 2.83. The van der Waals surface area contributed by atoms with Gasteiger partial charge in [-0.2, -0.15) is 0 Å². The molecule has 4 nitrogen and oxygen atoms in total. The quantitative estimate of drug-likeness (QED) is 0.175. The van der Waals surface area contributed by atoms with Gasteiger partial charge in [0.25, 0.3) is 0 Å². The van der Waals surface area contributed by atoms with Crippen LogP contribution >= 0.6 is 0 Å². The molecule has 0 aliphatic heterocycles. The molecule has 0 spiro atoms. The summed E-state index contributed by atoms with van der Waals surface area (Å²) < 4.78 is 12.0. The SMILES string of the molecule is CC(=O)c1ccc(Oc2ccc(C(C)(C)c3ccc(Oc4ccc(C(=O)c5ccc(C)cc5)cc4)cc3)cc2)cc1. The standard InChI is InChI=1S/C37H32O4/c1-25-5-7-28(8-6-25)36(39)29-11-19-33(20-12-29)41-35-23-15-31(16-24-35)37(3,4)30-13-21-34(22-14-30)40-32-17-9-27(10-18-32)26(2)38/h5-24H,1-4H3. The van der Waals surface area contributed by atoms with E-state index >= 15 is 0 Å². The summed E-state index contributed by atoms with van der Waals surface area (Å²) in [6.45, 7) is 7.92. The molecule has 0 atom stereocenters. The fourth-order valence-corrected chi connectivity index (χ4v) is 4.62. The maximum Gasteiger partial charge on any atom is 0.193 e. The van der Waals surface area contributed by atoms with Crippen molar-refractivity contribution in [2.45, 2.75) is 33.1 Å². The van der Waals surface area contributed by atoms with Crippen LogP contribution in [0.1, 0.15) is 63.7 Å². The van der Waals surface area contributed by atoms with Crippen molar-refractivity contribution in [2.75, 3.05) is 0 Å². The summed E-state index contributed by atoms with van der Waals surface area (Å²) in [7, 11) is 0. The Balaban J connectivity index is 1.22. The number of rotatable bonds is 9. The van der Waals surface area contributed by atoms with Crippen molar-refractivity contribution in [1.82, 2.24) is 0 Å². The molecule has 0 unspecified atom stereocenters. The predicted octanol–water partition coefficient (Wildman–Crippen LogP) is 9.34. The Labute approximate surface area is 241 Å². The van der Waals surface area contributed by atoms with Gasteiger partial charge in [-0.25, -0.2) is 0 Å². The third-order valence-corrected chi connectivity index (χ3v) is 7.31. The van der Waals surface area contributed by atoms with E-state index in [-0.39, 0.29) is 17.0 Å². The number of benzene rings is 5. The molecule has 41 heavy (non-hydrogen) atoms. The molecule has 204 valence electrons. The highest BCUT2D eigenvalue weighted by Crippen LogP contribution is 2.35. The van der Waals surface area contributed by atoms with Gasteiger partial charge in [-0.1, -0.05) is 67.9 Å². The van der Waals surface area contributed by atoms with Crippen molar-refractivity contribution in [2.24, 2.45) is 0 Å². The topological polar surface area (TPSA) is 52.6 Å². The van der Waals surface area contributed by atoms with Crippen LogP contribution in [0.15, 0.2) is 121 Å². The molecule has 0 saturated carbocycles. The van der Waals surface area contributed by atoms with Crippen LogP contribution in [0.3, 0.4) is 0 Å². The summed E-state index contributed by atoms with van der Waals surface area (Å²) in [6, 6.07) is 38.1. The summed E-state index contributed by atoms with van der Waals surface area (Å²) in [5.41, 5.74) is 5.15. The Morgan fingerprint density at radius 1 is 0.488 bits per heavy atom. The number of carbonyl (C=O) groups is 2. The zero-order valence-corrected chi connectivity index (χ0v) is 23.7. The Bertz CT molecular complexity index is 1640. The first-order valence-corrected chi connectivity index (χ1v) is 13.6.